The molecule has 12 heavy (non-hydrogen) atoms. The Morgan fingerprint density at radius 3 is 2.50 bits per heavy atom. The molecule has 1 radical (unpaired) electrons. The first-order valence-electron chi connectivity index (χ1n) is 4.41. The van der Waals surface area contributed by atoms with Crippen molar-refractivity contribution in [1.29, 1.82) is 0 Å². The number of hydrogen-bond acceptors (Lipinski definition) is 0. The zero-order chi connectivity index (χ0) is 8.65. The monoisotopic (exact) mass is 159 g/mol. The molecule has 0 unspecified atom stereocenters. The van der Waals surface area contributed by atoms with Crippen molar-refractivity contribution in [3.63, 3.8) is 0 Å². The van der Waals surface area contributed by atoms with Gasteiger partial charge in [-0.3, -0.25) is 0 Å². The molecule has 0 nitrogen and oxygen atoms in total. The van der Waals surface area contributed by atoms with Crippen LogP contribution in [0.2, 0.25) is 0 Å². The largest absolute Gasteiger partial charge is 0.0882 e. The Bertz CT molecular complexity index is 221. The second-order valence-corrected chi connectivity index (χ2v) is 2.80. The fraction of sp³-hybridized carbons (Fsp3) is 0.250. The zero-order valence-electron chi connectivity index (χ0n) is 7.37. The Balaban J connectivity index is 2.33. The van der Waals surface area contributed by atoms with Crippen LogP contribution in [0.4, 0.5) is 0 Å². The molecule has 0 aliphatic heterocycles. The molecule has 1 rings (SSSR count). The molecule has 0 saturated heterocycles. The van der Waals surface area contributed by atoms with Crippen LogP contribution in [0.5, 0.6) is 0 Å². The summed E-state index contributed by atoms with van der Waals surface area (Å²) in [5, 5.41) is 0. The van der Waals surface area contributed by atoms with Gasteiger partial charge in [0.1, 0.15) is 0 Å². The van der Waals surface area contributed by atoms with Gasteiger partial charge in [0, 0.05) is 0 Å². The van der Waals surface area contributed by atoms with Crippen LogP contribution in [0.1, 0.15) is 18.4 Å². The Kier molecular flexibility index (Phi) is 4.22. The lowest BCUT2D eigenvalue weighted by molar-refractivity contribution is 1.04. The highest BCUT2D eigenvalue weighted by Gasteiger charge is 1.84. The van der Waals surface area contributed by atoms with Gasteiger partial charge in [-0.2, -0.15) is 0 Å². The highest BCUT2D eigenvalue weighted by molar-refractivity contribution is 5.17. The van der Waals surface area contributed by atoms with Gasteiger partial charge in [-0.05, 0) is 24.8 Å². The average molecular weight is 159 g/mol. The van der Waals surface area contributed by atoms with Crippen molar-refractivity contribution in [2.24, 2.45) is 0 Å². The Labute approximate surface area is 74.9 Å². The van der Waals surface area contributed by atoms with E-state index in [9.17, 15) is 0 Å². The first-order valence-corrected chi connectivity index (χ1v) is 4.41. The van der Waals surface area contributed by atoms with Gasteiger partial charge in [0.2, 0.25) is 0 Å². The molecule has 0 bridgehead atoms. The van der Waals surface area contributed by atoms with Crippen molar-refractivity contribution in [1.82, 2.24) is 0 Å². The summed E-state index contributed by atoms with van der Waals surface area (Å²) in [7, 11) is 0. The van der Waals surface area contributed by atoms with Crippen LogP contribution >= 0.6 is 0 Å². The van der Waals surface area contributed by atoms with Crippen LogP contribution in [-0.4, -0.2) is 0 Å². The van der Waals surface area contributed by atoms with Gasteiger partial charge < -0.3 is 0 Å². The van der Waals surface area contributed by atoms with Crippen molar-refractivity contribution < 1.29 is 0 Å². The van der Waals surface area contributed by atoms with Crippen molar-refractivity contribution in [3.05, 3.63) is 55.0 Å². The average Bonchev–Trinajstić information content (AvgIpc) is 2.14. The number of unbranched alkanes of at least 4 members (excludes halogenated alkanes) is 1. The fourth-order valence-electron chi connectivity index (χ4n) is 1.07. The molecule has 0 amide bonds. The van der Waals surface area contributed by atoms with Crippen LogP contribution in [0.25, 0.3) is 0 Å². The molecule has 0 saturated carbocycles. The van der Waals surface area contributed by atoms with Gasteiger partial charge in [-0.1, -0.05) is 49.4 Å². The second-order valence-electron chi connectivity index (χ2n) is 2.80. The van der Waals surface area contributed by atoms with Crippen LogP contribution in [-0.2, 0) is 6.42 Å². The summed E-state index contributed by atoms with van der Waals surface area (Å²) in [4.78, 5) is 0. The summed E-state index contributed by atoms with van der Waals surface area (Å²) in [5.74, 6) is 0. The summed E-state index contributed by atoms with van der Waals surface area (Å²) in [6.07, 6.45) is 7.53. The molecule has 0 spiro atoms. The molecule has 0 fully saturated rings. The van der Waals surface area contributed by atoms with E-state index in [4.69, 9.17) is 0 Å². The molecule has 1 aromatic rings. The first kappa shape index (κ1) is 9.05. The zero-order valence-corrected chi connectivity index (χ0v) is 7.37. The number of hydrogen-bond donors (Lipinski definition) is 0. The minimum absolute atomic E-state index is 0.991. The van der Waals surface area contributed by atoms with Gasteiger partial charge in [-0.15, -0.1) is 0 Å². The minimum atomic E-state index is 0.991. The number of allylic oxidation sites excluding steroid dienone is 2. The quantitative estimate of drug-likeness (QED) is 0.591. The van der Waals surface area contributed by atoms with Gasteiger partial charge in [-0.25, -0.2) is 0 Å². The van der Waals surface area contributed by atoms with Crippen molar-refractivity contribution in [3.8, 4) is 0 Å². The summed E-state index contributed by atoms with van der Waals surface area (Å²) < 4.78 is 0. The second kappa shape index (κ2) is 5.59. The predicted octanol–water partition coefficient (Wildman–Crippen LogP) is 3.40. The van der Waals surface area contributed by atoms with Crippen molar-refractivity contribution in [2.75, 3.05) is 0 Å². The van der Waals surface area contributed by atoms with Crippen LogP contribution in [0.15, 0.2) is 42.5 Å². The molecule has 0 heterocycles. The van der Waals surface area contributed by atoms with E-state index in [-0.39, 0.29) is 0 Å². The smallest absolute Gasteiger partial charge is 0.00975 e. The molecule has 0 aliphatic rings. The first-order chi connectivity index (χ1) is 5.93. The topological polar surface area (TPSA) is 0 Å². The Morgan fingerprint density at radius 1 is 1.08 bits per heavy atom. The number of rotatable bonds is 4. The van der Waals surface area contributed by atoms with Crippen LogP contribution < -0.4 is 0 Å². The van der Waals surface area contributed by atoms with Gasteiger partial charge in [0.05, 0.1) is 0 Å². The predicted molar refractivity (Wildman–Crippen MR) is 53.9 cm³/mol. The van der Waals surface area contributed by atoms with E-state index >= 15 is 0 Å². The molecule has 63 valence electrons. The number of benzene rings is 1. The van der Waals surface area contributed by atoms with Gasteiger partial charge in [0.15, 0.2) is 0 Å². The van der Waals surface area contributed by atoms with E-state index in [2.05, 4.69) is 43.3 Å². The molecule has 1 aromatic carbocycles. The molecule has 0 atom stereocenters. The van der Waals surface area contributed by atoms with Crippen LogP contribution in [0.3, 0.4) is 0 Å². The van der Waals surface area contributed by atoms with Crippen LogP contribution in [0, 0.1) is 6.92 Å². The SMILES string of the molecule is [CH2]CC/C=C/Cc1ccccc1. The lowest BCUT2D eigenvalue weighted by Crippen LogP contribution is -1.77. The highest BCUT2D eigenvalue weighted by atomic mass is 13.9. The van der Waals surface area contributed by atoms with Gasteiger partial charge in [0.25, 0.3) is 0 Å². The van der Waals surface area contributed by atoms with Crippen molar-refractivity contribution in [2.45, 2.75) is 19.3 Å². The third-order valence-corrected chi connectivity index (χ3v) is 1.73. The molecular formula is C12H15. The van der Waals surface area contributed by atoms with Gasteiger partial charge >= 0.3 is 0 Å². The summed E-state index contributed by atoms with van der Waals surface area (Å²) in [6.45, 7) is 3.78. The van der Waals surface area contributed by atoms with E-state index in [1.165, 1.54) is 5.56 Å². The maximum atomic E-state index is 3.78. The summed E-state index contributed by atoms with van der Waals surface area (Å²) >= 11 is 0. The lowest BCUT2D eigenvalue weighted by Gasteiger charge is -1.93. The fourth-order valence-corrected chi connectivity index (χ4v) is 1.07. The van der Waals surface area contributed by atoms with E-state index in [1.54, 1.807) is 0 Å². The molecular weight excluding hydrogens is 144 g/mol. The van der Waals surface area contributed by atoms with E-state index in [0.717, 1.165) is 19.3 Å². The standard InChI is InChI=1S/C12H15/c1-2-3-4-6-9-12-10-7-5-8-11-12/h4-8,10-11H,1-3,9H2/b6-4+. The minimum Gasteiger partial charge on any atom is -0.0882 e. The molecule has 0 aromatic heterocycles. The Hall–Kier alpha value is -1.04. The van der Waals surface area contributed by atoms with E-state index in [1.807, 2.05) is 6.07 Å². The maximum Gasteiger partial charge on any atom is -0.00975 e. The summed E-state index contributed by atoms with van der Waals surface area (Å²) in [5.41, 5.74) is 1.37. The van der Waals surface area contributed by atoms with E-state index in [0.29, 0.717) is 0 Å². The normalized spacial score (nSPS) is 10.8. The highest BCUT2D eigenvalue weighted by Crippen LogP contribution is 2.00. The van der Waals surface area contributed by atoms with Crippen molar-refractivity contribution >= 4 is 0 Å². The third-order valence-electron chi connectivity index (χ3n) is 1.73. The lowest BCUT2D eigenvalue weighted by atomic mass is 10.1. The third kappa shape index (κ3) is 3.38. The molecule has 0 heteroatoms. The molecule has 0 N–H and O–H groups in total. The Morgan fingerprint density at radius 2 is 1.83 bits per heavy atom. The summed E-state index contributed by atoms with van der Waals surface area (Å²) in [6, 6.07) is 10.5. The molecule has 0 aliphatic carbocycles. The van der Waals surface area contributed by atoms with E-state index < -0.39 is 0 Å². The maximum absolute atomic E-state index is 3.78.